The summed E-state index contributed by atoms with van der Waals surface area (Å²) < 4.78 is 0. The Bertz CT molecular complexity index is 609. The van der Waals surface area contributed by atoms with Crippen LogP contribution < -0.4 is 27.4 Å². The largest absolute Gasteiger partial charge is 0.480 e. The van der Waals surface area contributed by atoms with Crippen LogP contribution in [0, 0.1) is 5.92 Å². The van der Waals surface area contributed by atoms with Crippen molar-refractivity contribution in [2.45, 2.75) is 70.1 Å². The maximum atomic E-state index is 13.0. The van der Waals surface area contributed by atoms with Crippen molar-refractivity contribution >= 4 is 35.5 Å². The number of aliphatic hydroxyl groups is 1. The number of aliphatic carboxylic acids is 1. The zero-order valence-electron chi connectivity index (χ0n) is 19.1. The number of aliphatic hydroxyl groups excluding tert-OH is 1. The number of unbranched alkanes of at least 4 members (excludes halogenated alkanes) is 1. The molecule has 0 fully saturated rings. The van der Waals surface area contributed by atoms with Gasteiger partial charge in [-0.2, -0.15) is 11.8 Å². The summed E-state index contributed by atoms with van der Waals surface area (Å²) in [5, 5.41) is 26.1. The molecule has 0 aliphatic rings. The molecule has 9 N–H and O–H groups in total. The Balaban J connectivity index is 5.45. The van der Waals surface area contributed by atoms with Gasteiger partial charge in [0.25, 0.3) is 0 Å². The van der Waals surface area contributed by atoms with Crippen molar-refractivity contribution in [1.29, 1.82) is 0 Å². The third kappa shape index (κ3) is 11.1. The van der Waals surface area contributed by atoms with Gasteiger partial charge >= 0.3 is 5.97 Å². The summed E-state index contributed by atoms with van der Waals surface area (Å²) in [7, 11) is 0. The monoisotopic (exact) mass is 477 g/mol. The van der Waals surface area contributed by atoms with Gasteiger partial charge in [0.2, 0.25) is 17.7 Å². The highest BCUT2D eigenvalue weighted by Gasteiger charge is 2.32. The average Bonchev–Trinajstić information content (AvgIpc) is 2.77. The van der Waals surface area contributed by atoms with Crippen LogP contribution >= 0.6 is 11.8 Å². The molecule has 0 aliphatic carbocycles. The van der Waals surface area contributed by atoms with Crippen molar-refractivity contribution in [2.75, 3.05) is 25.2 Å². The molecule has 32 heavy (non-hydrogen) atoms. The van der Waals surface area contributed by atoms with Gasteiger partial charge in [0.05, 0.1) is 6.61 Å². The number of thioether (sulfide) groups is 1. The Labute approximate surface area is 193 Å². The third-order valence-corrected chi connectivity index (χ3v) is 5.78. The van der Waals surface area contributed by atoms with Crippen LogP contribution in [0.25, 0.3) is 0 Å². The summed E-state index contributed by atoms with van der Waals surface area (Å²) in [5.74, 6) is -2.75. The fraction of sp³-hybridized carbons (Fsp3) is 0.800. The van der Waals surface area contributed by atoms with Crippen molar-refractivity contribution < 1.29 is 29.4 Å². The lowest BCUT2D eigenvalue weighted by atomic mass is 9.97. The number of carbonyl (C=O) groups excluding carboxylic acids is 3. The maximum absolute atomic E-state index is 13.0. The van der Waals surface area contributed by atoms with E-state index < -0.39 is 54.5 Å². The minimum atomic E-state index is -1.18. The number of amides is 3. The molecule has 0 aromatic heterocycles. The first kappa shape index (κ1) is 30.1. The Morgan fingerprint density at radius 1 is 0.969 bits per heavy atom. The minimum absolute atomic E-state index is 0.250. The van der Waals surface area contributed by atoms with E-state index in [1.807, 2.05) is 13.2 Å². The summed E-state index contributed by atoms with van der Waals surface area (Å²) in [6.07, 6.45) is 4.11. The fourth-order valence-electron chi connectivity index (χ4n) is 2.83. The van der Waals surface area contributed by atoms with Gasteiger partial charge in [-0.1, -0.05) is 20.3 Å². The molecule has 0 bridgehead atoms. The molecule has 0 saturated carbocycles. The van der Waals surface area contributed by atoms with Crippen LogP contribution in [-0.2, 0) is 19.2 Å². The number of hydrogen-bond acceptors (Lipinski definition) is 8. The summed E-state index contributed by atoms with van der Waals surface area (Å²) in [6, 6.07) is -4.20. The Kier molecular flexibility index (Phi) is 15.7. The van der Waals surface area contributed by atoms with Crippen LogP contribution in [0.3, 0.4) is 0 Å². The molecule has 186 valence electrons. The Morgan fingerprint density at radius 2 is 1.59 bits per heavy atom. The molecule has 12 heteroatoms. The second kappa shape index (κ2) is 16.7. The molecule has 3 amide bonds. The summed E-state index contributed by atoms with van der Waals surface area (Å²) in [5.41, 5.74) is 11.0. The number of carbonyl (C=O) groups is 4. The molecule has 11 nitrogen and oxygen atoms in total. The second-order valence-electron chi connectivity index (χ2n) is 7.69. The van der Waals surface area contributed by atoms with Crippen molar-refractivity contribution in [3.8, 4) is 0 Å². The molecule has 5 unspecified atom stereocenters. The average molecular weight is 478 g/mol. The van der Waals surface area contributed by atoms with Gasteiger partial charge in [-0.3, -0.25) is 14.4 Å². The normalized spacial score (nSPS) is 15.7. The van der Waals surface area contributed by atoms with Gasteiger partial charge in [-0.25, -0.2) is 4.79 Å². The highest BCUT2D eigenvalue weighted by atomic mass is 32.2. The van der Waals surface area contributed by atoms with E-state index in [2.05, 4.69) is 16.0 Å². The van der Waals surface area contributed by atoms with Crippen LogP contribution in [0.15, 0.2) is 0 Å². The minimum Gasteiger partial charge on any atom is -0.480 e. The van der Waals surface area contributed by atoms with Crippen LogP contribution in [0.5, 0.6) is 0 Å². The van der Waals surface area contributed by atoms with Gasteiger partial charge in [0.1, 0.15) is 24.2 Å². The third-order valence-electron chi connectivity index (χ3n) is 5.13. The summed E-state index contributed by atoms with van der Waals surface area (Å²) >= 11 is 1.47. The van der Waals surface area contributed by atoms with Crippen LogP contribution in [0.2, 0.25) is 0 Å². The smallest absolute Gasteiger partial charge is 0.326 e. The topological polar surface area (TPSA) is 197 Å². The zero-order chi connectivity index (χ0) is 24.7. The lowest BCUT2D eigenvalue weighted by Crippen LogP contribution is -2.59. The maximum Gasteiger partial charge on any atom is 0.326 e. The standard InChI is InChI=1S/C20H39N5O6S/c1-4-12(2)16(19(29)24-15(20(30)31)8-10-32-3)25-18(28)14(7-5-6-9-21)23-17(27)13(22)11-26/h12-16,26H,4-11,21-22H2,1-3H3,(H,23,27)(H,24,29)(H,25,28)(H,30,31). The van der Waals surface area contributed by atoms with Gasteiger partial charge in [-0.15, -0.1) is 0 Å². The van der Waals surface area contributed by atoms with E-state index in [1.165, 1.54) is 11.8 Å². The van der Waals surface area contributed by atoms with Gasteiger partial charge in [0.15, 0.2) is 0 Å². The lowest BCUT2D eigenvalue weighted by Gasteiger charge is -2.28. The molecule has 5 atom stereocenters. The summed E-state index contributed by atoms with van der Waals surface area (Å²) in [4.78, 5) is 49.4. The highest BCUT2D eigenvalue weighted by Crippen LogP contribution is 2.11. The van der Waals surface area contributed by atoms with Gasteiger partial charge in [0, 0.05) is 0 Å². The molecular weight excluding hydrogens is 438 g/mol. The molecule has 0 heterocycles. The van der Waals surface area contributed by atoms with Crippen molar-refractivity contribution in [3.05, 3.63) is 0 Å². The molecule has 0 aromatic carbocycles. The lowest BCUT2D eigenvalue weighted by molar-refractivity contribution is -0.142. The van der Waals surface area contributed by atoms with Crippen molar-refractivity contribution in [1.82, 2.24) is 16.0 Å². The van der Waals surface area contributed by atoms with Crippen molar-refractivity contribution in [3.63, 3.8) is 0 Å². The number of nitrogens with one attached hydrogen (secondary N) is 3. The van der Waals surface area contributed by atoms with Gasteiger partial charge < -0.3 is 37.6 Å². The molecule has 0 spiro atoms. The SMILES string of the molecule is CCC(C)C(NC(=O)C(CCCCN)NC(=O)C(N)CO)C(=O)NC(CCSC)C(=O)O. The van der Waals surface area contributed by atoms with E-state index >= 15 is 0 Å². The van der Waals surface area contributed by atoms with Crippen molar-refractivity contribution in [2.24, 2.45) is 17.4 Å². The first-order valence-corrected chi connectivity index (χ1v) is 12.2. The van der Waals surface area contributed by atoms with E-state index in [4.69, 9.17) is 16.6 Å². The molecule has 0 aromatic rings. The van der Waals surface area contributed by atoms with E-state index in [0.29, 0.717) is 31.6 Å². The van der Waals surface area contributed by atoms with E-state index in [1.54, 1.807) is 6.92 Å². The Hall–Kier alpha value is -1.89. The zero-order valence-corrected chi connectivity index (χ0v) is 20.0. The summed E-state index contributed by atoms with van der Waals surface area (Å²) in [6.45, 7) is 3.46. The number of nitrogens with two attached hydrogens (primary N) is 2. The predicted octanol–water partition coefficient (Wildman–Crippen LogP) is -1.23. The first-order chi connectivity index (χ1) is 15.1. The second-order valence-corrected chi connectivity index (χ2v) is 8.67. The number of hydrogen-bond donors (Lipinski definition) is 7. The number of carboxylic acids is 1. The van der Waals surface area contributed by atoms with E-state index in [0.717, 1.165) is 0 Å². The van der Waals surface area contributed by atoms with E-state index in [9.17, 15) is 24.3 Å². The molecule has 0 rings (SSSR count). The first-order valence-electron chi connectivity index (χ1n) is 10.8. The molecular formula is C20H39N5O6S. The van der Waals surface area contributed by atoms with E-state index in [-0.39, 0.29) is 18.8 Å². The fourth-order valence-corrected chi connectivity index (χ4v) is 3.31. The van der Waals surface area contributed by atoms with Gasteiger partial charge in [-0.05, 0) is 50.2 Å². The highest BCUT2D eigenvalue weighted by molar-refractivity contribution is 7.98. The number of rotatable bonds is 17. The molecule has 0 saturated heterocycles. The van der Waals surface area contributed by atoms with Crippen LogP contribution in [-0.4, -0.2) is 83.2 Å². The molecule has 0 radical (unpaired) electrons. The number of carboxylic acid groups (broad SMARTS) is 1. The predicted molar refractivity (Wildman–Crippen MR) is 124 cm³/mol. The Morgan fingerprint density at radius 3 is 2.09 bits per heavy atom. The van der Waals surface area contributed by atoms with Crippen LogP contribution in [0.1, 0.15) is 46.0 Å². The quantitative estimate of drug-likeness (QED) is 0.125. The van der Waals surface area contributed by atoms with Crippen LogP contribution in [0.4, 0.5) is 0 Å². The molecule has 0 aliphatic heterocycles.